The second-order valence-electron chi connectivity index (χ2n) is 2.77. The number of hydrogen-bond donors (Lipinski definition) is 1. The molecule has 0 aliphatic carbocycles. The van der Waals surface area contributed by atoms with Crippen LogP contribution in [0.2, 0.25) is 0 Å². The van der Waals surface area contributed by atoms with E-state index in [-0.39, 0.29) is 0 Å². The molecule has 2 aromatic rings. The molecule has 0 aliphatic rings. The van der Waals surface area contributed by atoms with Crippen LogP contribution in [0.5, 0.6) is 5.75 Å². The molecule has 0 saturated heterocycles. The Morgan fingerprint density at radius 2 is 2.07 bits per heavy atom. The molecule has 0 aliphatic heterocycles. The van der Waals surface area contributed by atoms with Gasteiger partial charge in [0.15, 0.2) is 0 Å². The zero-order chi connectivity index (χ0) is 10.5. The molecule has 1 heterocycles. The molecule has 1 amide bonds. The lowest BCUT2D eigenvalue weighted by molar-refractivity contribution is 0.211. The summed E-state index contributed by atoms with van der Waals surface area (Å²) in [6.45, 7) is 0. The summed E-state index contributed by atoms with van der Waals surface area (Å²) in [6.07, 6.45) is 2.58. The predicted octanol–water partition coefficient (Wildman–Crippen LogP) is 1.63. The van der Waals surface area contributed by atoms with Crippen molar-refractivity contribution in [2.45, 2.75) is 0 Å². The summed E-state index contributed by atoms with van der Waals surface area (Å²) in [6, 6.07) is 10.5. The lowest BCUT2D eigenvalue weighted by Crippen LogP contribution is -2.26. The molecule has 0 fully saturated rings. The van der Waals surface area contributed by atoms with Crippen LogP contribution in [0.1, 0.15) is 0 Å². The summed E-state index contributed by atoms with van der Waals surface area (Å²) in [5.74, 6) is 0.488. The summed E-state index contributed by atoms with van der Waals surface area (Å²) in [5, 5.41) is 3.80. The smallest absolute Gasteiger partial charge is 0.409 e. The Morgan fingerprint density at radius 1 is 1.27 bits per heavy atom. The maximum atomic E-state index is 11.3. The Morgan fingerprint density at radius 3 is 2.73 bits per heavy atom. The average molecular weight is 203 g/mol. The first-order valence-electron chi connectivity index (χ1n) is 4.38. The molecule has 0 unspecified atom stereocenters. The topological polar surface area (TPSA) is 56.2 Å². The van der Waals surface area contributed by atoms with Crippen molar-refractivity contribution in [3.63, 3.8) is 0 Å². The highest BCUT2D eigenvalue weighted by molar-refractivity contribution is 5.77. The van der Waals surface area contributed by atoms with Crippen molar-refractivity contribution < 1.29 is 9.53 Å². The van der Waals surface area contributed by atoms with E-state index in [4.69, 9.17) is 4.74 Å². The minimum absolute atomic E-state index is 0.488. The van der Waals surface area contributed by atoms with Gasteiger partial charge in [0.05, 0.1) is 6.20 Å². The lowest BCUT2D eigenvalue weighted by Gasteiger charge is -2.05. The number of ether oxygens (including phenoxy) is 1. The number of nitrogens with zero attached hydrogens (tertiary/aromatic N) is 2. The van der Waals surface area contributed by atoms with Crippen LogP contribution in [0.4, 0.5) is 4.79 Å². The number of carbonyl (C=O) groups is 1. The van der Waals surface area contributed by atoms with Crippen molar-refractivity contribution in [2.24, 2.45) is 0 Å². The highest BCUT2D eigenvalue weighted by atomic mass is 16.6. The number of rotatable bonds is 2. The van der Waals surface area contributed by atoms with Crippen molar-refractivity contribution in [1.29, 1.82) is 0 Å². The molecule has 1 aromatic carbocycles. The van der Waals surface area contributed by atoms with E-state index in [9.17, 15) is 4.79 Å². The van der Waals surface area contributed by atoms with E-state index in [0.29, 0.717) is 5.75 Å². The van der Waals surface area contributed by atoms with E-state index in [1.165, 1.54) is 4.79 Å². The number of amides is 1. The van der Waals surface area contributed by atoms with Gasteiger partial charge in [0.25, 0.3) is 0 Å². The van der Waals surface area contributed by atoms with Gasteiger partial charge in [0.2, 0.25) is 0 Å². The standard InChI is InChI=1S/C10H9N3O2/c14-10(12-13-8-4-7-11-13)15-9-5-2-1-3-6-9/h1-8H,(H,12,14). The van der Waals surface area contributed by atoms with Crippen LogP contribution in [-0.4, -0.2) is 16.0 Å². The number of hydrogen-bond acceptors (Lipinski definition) is 3. The molecule has 5 heteroatoms. The Labute approximate surface area is 86.3 Å². The quantitative estimate of drug-likeness (QED) is 0.806. The summed E-state index contributed by atoms with van der Waals surface area (Å²) in [5.41, 5.74) is 2.41. The van der Waals surface area contributed by atoms with Gasteiger partial charge < -0.3 is 4.74 Å². The monoisotopic (exact) mass is 203 g/mol. The predicted molar refractivity (Wildman–Crippen MR) is 54.1 cm³/mol. The Bertz CT molecular complexity index is 425. The normalized spacial score (nSPS) is 9.60. The SMILES string of the molecule is O=C(Nn1cccn1)Oc1ccccc1. The maximum absolute atomic E-state index is 11.3. The van der Waals surface area contributed by atoms with Crippen molar-refractivity contribution in [3.05, 3.63) is 48.8 Å². The van der Waals surface area contributed by atoms with Crippen molar-refractivity contribution >= 4 is 6.09 Å². The first-order chi connectivity index (χ1) is 7.34. The molecule has 76 valence electrons. The third kappa shape index (κ3) is 2.57. The molecule has 0 bridgehead atoms. The highest BCUT2D eigenvalue weighted by Gasteiger charge is 2.03. The number of aromatic nitrogens is 2. The van der Waals surface area contributed by atoms with Crippen LogP contribution in [0.25, 0.3) is 0 Å². The minimum Gasteiger partial charge on any atom is -0.409 e. The van der Waals surface area contributed by atoms with E-state index < -0.39 is 6.09 Å². The van der Waals surface area contributed by atoms with E-state index in [1.807, 2.05) is 6.07 Å². The van der Waals surface area contributed by atoms with Crippen molar-refractivity contribution in [1.82, 2.24) is 9.89 Å². The van der Waals surface area contributed by atoms with Crippen LogP contribution < -0.4 is 10.2 Å². The molecule has 15 heavy (non-hydrogen) atoms. The van der Waals surface area contributed by atoms with E-state index in [1.54, 1.807) is 42.7 Å². The van der Waals surface area contributed by atoms with Crippen molar-refractivity contribution in [2.75, 3.05) is 5.43 Å². The van der Waals surface area contributed by atoms with Crippen LogP contribution in [0.3, 0.4) is 0 Å². The summed E-state index contributed by atoms with van der Waals surface area (Å²) in [7, 11) is 0. The van der Waals surface area contributed by atoms with Gasteiger partial charge in [-0.1, -0.05) is 18.2 Å². The second-order valence-corrected chi connectivity index (χ2v) is 2.77. The molecule has 2 rings (SSSR count). The van der Waals surface area contributed by atoms with Gasteiger partial charge in [0, 0.05) is 6.20 Å². The molecule has 0 saturated carbocycles. The van der Waals surface area contributed by atoms with Gasteiger partial charge in [-0.25, -0.2) is 10.2 Å². The summed E-state index contributed by atoms with van der Waals surface area (Å²) >= 11 is 0. The number of para-hydroxylation sites is 1. The third-order valence-electron chi connectivity index (χ3n) is 1.66. The Hall–Kier alpha value is -2.30. The van der Waals surface area contributed by atoms with Gasteiger partial charge in [-0.3, -0.25) is 0 Å². The fourth-order valence-electron chi connectivity index (χ4n) is 1.05. The largest absolute Gasteiger partial charge is 0.433 e. The summed E-state index contributed by atoms with van der Waals surface area (Å²) < 4.78 is 4.98. The van der Waals surface area contributed by atoms with Crippen LogP contribution in [0, 0.1) is 0 Å². The van der Waals surface area contributed by atoms with E-state index in [0.717, 1.165) is 0 Å². The van der Waals surface area contributed by atoms with Gasteiger partial charge in [0.1, 0.15) is 5.75 Å². The number of nitrogens with one attached hydrogen (secondary N) is 1. The molecule has 1 N–H and O–H groups in total. The lowest BCUT2D eigenvalue weighted by atomic mass is 10.3. The fourth-order valence-corrected chi connectivity index (χ4v) is 1.05. The molecule has 0 spiro atoms. The molecular formula is C10H9N3O2. The first-order valence-corrected chi connectivity index (χ1v) is 4.38. The van der Waals surface area contributed by atoms with Crippen molar-refractivity contribution in [3.8, 4) is 5.75 Å². The molecule has 1 aromatic heterocycles. The van der Waals surface area contributed by atoms with Gasteiger partial charge in [-0.15, -0.1) is 0 Å². The van der Waals surface area contributed by atoms with Gasteiger partial charge in [-0.2, -0.15) is 9.89 Å². The first kappa shape index (κ1) is 9.26. The van der Waals surface area contributed by atoms with E-state index >= 15 is 0 Å². The molecule has 5 nitrogen and oxygen atoms in total. The van der Waals surface area contributed by atoms with Gasteiger partial charge >= 0.3 is 6.09 Å². The van der Waals surface area contributed by atoms with Crippen LogP contribution >= 0.6 is 0 Å². The third-order valence-corrected chi connectivity index (χ3v) is 1.66. The molecular weight excluding hydrogens is 194 g/mol. The number of benzene rings is 1. The zero-order valence-electron chi connectivity index (χ0n) is 7.83. The molecule has 0 atom stereocenters. The Kier molecular flexibility index (Phi) is 2.64. The highest BCUT2D eigenvalue weighted by Crippen LogP contribution is 2.08. The number of carbonyl (C=O) groups excluding carboxylic acids is 1. The van der Waals surface area contributed by atoms with Crippen LogP contribution in [0.15, 0.2) is 48.8 Å². The average Bonchev–Trinajstić information content (AvgIpc) is 2.71. The fraction of sp³-hybridized carbons (Fsp3) is 0. The van der Waals surface area contributed by atoms with Crippen LogP contribution in [-0.2, 0) is 0 Å². The van der Waals surface area contributed by atoms with Gasteiger partial charge in [-0.05, 0) is 18.2 Å². The second kappa shape index (κ2) is 4.28. The maximum Gasteiger partial charge on any atom is 0.433 e. The molecule has 0 radical (unpaired) electrons. The summed E-state index contributed by atoms with van der Waals surface area (Å²) in [4.78, 5) is 12.6. The zero-order valence-corrected chi connectivity index (χ0v) is 7.83. The minimum atomic E-state index is -0.579. The Balaban J connectivity index is 1.94. The van der Waals surface area contributed by atoms with E-state index in [2.05, 4.69) is 10.5 Å².